The smallest absolute Gasteiger partial charge is 0.264 e. The summed E-state index contributed by atoms with van der Waals surface area (Å²) in [6.07, 6.45) is 5.16. The number of aryl methyl sites for hydroxylation is 1. The van der Waals surface area contributed by atoms with Crippen molar-refractivity contribution in [3.8, 4) is 0 Å². The van der Waals surface area contributed by atoms with Gasteiger partial charge in [-0.1, -0.05) is 0 Å². The van der Waals surface area contributed by atoms with E-state index in [1.54, 1.807) is 12.5 Å². The van der Waals surface area contributed by atoms with Gasteiger partial charge in [0.2, 0.25) is 0 Å². The molecular formula is C15H18N4OS. The summed E-state index contributed by atoms with van der Waals surface area (Å²) >= 11 is 1.53. The molecule has 110 valence electrons. The molecule has 1 aliphatic heterocycles. The molecule has 3 rings (SSSR count). The molecule has 0 radical (unpaired) electrons. The fourth-order valence-corrected chi connectivity index (χ4v) is 3.44. The molecule has 6 heteroatoms. The van der Waals surface area contributed by atoms with Crippen molar-refractivity contribution < 1.29 is 4.79 Å². The van der Waals surface area contributed by atoms with Crippen LogP contribution in [0.3, 0.4) is 0 Å². The Morgan fingerprint density at radius 2 is 2.19 bits per heavy atom. The first kappa shape index (κ1) is 14.0. The Balaban J connectivity index is 1.56. The zero-order chi connectivity index (χ0) is 14.7. The molecule has 5 nitrogen and oxygen atoms in total. The first-order valence-corrected chi connectivity index (χ1v) is 7.98. The van der Waals surface area contributed by atoms with Crippen molar-refractivity contribution in [2.24, 2.45) is 0 Å². The Bertz CT molecular complexity index is 605. The van der Waals surface area contributed by atoms with Crippen molar-refractivity contribution in [2.45, 2.75) is 25.8 Å². The molecule has 0 bridgehead atoms. The third kappa shape index (κ3) is 3.21. The van der Waals surface area contributed by atoms with E-state index in [0.29, 0.717) is 6.04 Å². The number of likely N-dealkylation sites (tertiary alicyclic amines) is 1. The second-order valence-electron chi connectivity index (χ2n) is 5.24. The number of thiophene rings is 1. The van der Waals surface area contributed by atoms with Gasteiger partial charge in [0.1, 0.15) is 12.1 Å². The number of nitrogens with zero attached hydrogens (tertiary/aromatic N) is 3. The molecule has 0 aliphatic carbocycles. The molecule has 2 aromatic rings. The van der Waals surface area contributed by atoms with Gasteiger partial charge in [0.25, 0.3) is 5.91 Å². The molecule has 21 heavy (non-hydrogen) atoms. The van der Waals surface area contributed by atoms with Gasteiger partial charge in [-0.05, 0) is 42.8 Å². The number of carbonyl (C=O) groups is 1. The average Bonchev–Trinajstić information content (AvgIpc) is 2.94. The molecule has 1 aliphatic rings. The highest BCUT2D eigenvalue weighted by atomic mass is 32.1. The molecule has 2 aromatic heterocycles. The van der Waals surface area contributed by atoms with E-state index in [1.165, 1.54) is 11.3 Å². The summed E-state index contributed by atoms with van der Waals surface area (Å²) < 4.78 is 0. The van der Waals surface area contributed by atoms with Crippen molar-refractivity contribution in [3.05, 3.63) is 40.5 Å². The number of hydrogen-bond donors (Lipinski definition) is 1. The molecule has 0 spiro atoms. The van der Waals surface area contributed by atoms with Crippen LogP contribution in [-0.2, 0) is 0 Å². The second kappa shape index (κ2) is 6.22. The summed E-state index contributed by atoms with van der Waals surface area (Å²) in [5.41, 5.74) is 1.08. The van der Waals surface area contributed by atoms with Crippen LogP contribution in [0.15, 0.2) is 30.0 Å². The van der Waals surface area contributed by atoms with Crippen molar-refractivity contribution in [3.63, 3.8) is 0 Å². The van der Waals surface area contributed by atoms with Crippen molar-refractivity contribution >= 4 is 23.1 Å². The number of rotatable bonds is 3. The predicted octanol–water partition coefficient (Wildman–Crippen LogP) is 2.56. The Labute approximate surface area is 128 Å². The van der Waals surface area contributed by atoms with Crippen LogP contribution >= 0.6 is 11.3 Å². The molecular weight excluding hydrogens is 284 g/mol. The first-order valence-electron chi connectivity index (χ1n) is 7.10. The largest absolute Gasteiger partial charge is 0.367 e. The zero-order valence-electron chi connectivity index (χ0n) is 12.0. The normalized spacial score (nSPS) is 16.0. The summed E-state index contributed by atoms with van der Waals surface area (Å²) in [4.78, 5) is 23.4. The SMILES string of the molecule is Cc1ccsc1C(=O)N1CCC(Nc2ccncn2)CC1. The Morgan fingerprint density at radius 1 is 1.38 bits per heavy atom. The molecule has 3 heterocycles. The highest BCUT2D eigenvalue weighted by Crippen LogP contribution is 2.21. The van der Waals surface area contributed by atoms with Crippen molar-refractivity contribution in [2.75, 3.05) is 18.4 Å². The number of hydrogen-bond acceptors (Lipinski definition) is 5. The Hall–Kier alpha value is -1.95. The number of aromatic nitrogens is 2. The fraction of sp³-hybridized carbons (Fsp3) is 0.400. The highest BCUT2D eigenvalue weighted by Gasteiger charge is 2.25. The molecule has 0 saturated carbocycles. The molecule has 1 N–H and O–H groups in total. The summed E-state index contributed by atoms with van der Waals surface area (Å²) in [5, 5.41) is 5.38. The van der Waals surface area contributed by atoms with Gasteiger partial charge >= 0.3 is 0 Å². The van der Waals surface area contributed by atoms with Crippen molar-refractivity contribution in [1.82, 2.24) is 14.9 Å². The van der Waals surface area contributed by atoms with Gasteiger partial charge in [-0.15, -0.1) is 11.3 Å². The van der Waals surface area contributed by atoms with E-state index >= 15 is 0 Å². The van der Waals surface area contributed by atoms with Gasteiger partial charge in [-0.3, -0.25) is 4.79 Å². The summed E-state index contributed by atoms with van der Waals surface area (Å²) in [7, 11) is 0. The van der Waals surface area contributed by atoms with Gasteiger partial charge in [0, 0.05) is 25.3 Å². The highest BCUT2D eigenvalue weighted by molar-refractivity contribution is 7.12. The average molecular weight is 302 g/mol. The van der Waals surface area contributed by atoms with Gasteiger partial charge in [0.15, 0.2) is 0 Å². The van der Waals surface area contributed by atoms with Crippen LogP contribution in [0.4, 0.5) is 5.82 Å². The lowest BCUT2D eigenvalue weighted by molar-refractivity contribution is 0.0722. The maximum absolute atomic E-state index is 12.4. The van der Waals surface area contributed by atoms with E-state index in [0.717, 1.165) is 42.2 Å². The summed E-state index contributed by atoms with van der Waals surface area (Å²) in [5.74, 6) is 1.02. The molecule has 1 saturated heterocycles. The van der Waals surface area contributed by atoms with Gasteiger partial charge < -0.3 is 10.2 Å². The second-order valence-corrected chi connectivity index (χ2v) is 6.15. The van der Waals surface area contributed by atoms with E-state index in [1.807, 2.05) is 29.3 Å². The predicted molar refractivity (Wildman–Crippen MR) is 83.6 cm³/mol. The minimum Gasteiger partial charge on any atom is -0.367 e. The molecule has 0 aromatic carbocycles. The van der Waals surface area contributed by atoms with Crippen LogP contribution in [0.1, 0.15) is 28.1 Å². The quantitative estimate of drug-likeness (QED) is 0.946. The number of anilines is 1. The number of carbonyl (C=O) groups excluding carboxylic acids is 1. The molecule has 0 atom stereocenters. The van der Waals surface area contributed by atoms with Crippen LogP contribution in [0.2, 0.25) is 0 Å². The monoisotopic (exact) mass is 302 g/mol. The van der Waals surface area contributed by atoms with Crippen LogP contribution in [0.25, 0.3) is 0 Å². The van der Waals surface area contributed by atoms with Gasteiger partial charge in [0.05, 0.1) is 4.88 Å². The standard InChI is InChI=1S/C15H18N4OS/c1-11-5-9-21-14(11)15(20)19-7-3-12(4-8-19)18-13-2-6-16-10-17-13/h2,5-6,9-10,12H,3-4,7-8H2,1H3,(H,16,17,18). The third-order valence-corrected chi connectivity index (χ3v) is 4.78. The summed E-state index contributed by atoms with van der Waals surface area (Å²) in [6.45, 7) is 3.57. The van der Waals surface area contributed by atoms with Crippen LogP contribution in [-0.4, -0.2) is 39.9 Å². The lowest BCUT2D eigenvalue weighted by atomic mass is 10.0. The Kier molecular flexibility index (Phi) is 4.15. The van der Waals surface area contributed by atoms with E-state index < -0.39 is 0 Å². The molecule has 1 amide bonds. The summed E-state index contributed by atoms with van der Waals surface area (Å²) in [6, 6.07) is 4.24. The number of amides is 1. The minimum absolute atomic E-state index is 0.169. The molecule has 1 fully saturated rings. The van der Waals surface area contributed by atoms with Crippen LogP contribution in [0, 0.1) is 6.92 Å². The maximum Gasteiger partial charge on any atom is 0.264 e. The van der Waals surface area contributed by atoms with E-state index in [4.69, 9.17) is 0 Å². The lowest BCUT2D eigenvalue weighted by Gasteiger charge is -2.32. The van der Waals surface area contributed by atoms with E-state index in [9.17, 15) is 4.79 Å². The number of nitrogens with one attached hydrogen (secondary N) is 1. The Morgan fingerprint density at radius 3 is 2.81 bits per heavy atom. The van der Waals surface area contributed by atoms with Crippen molar-refractivity contribution in [1.29, 1.82) is 0 Å². The van der Waals surface area contributed by atoms with Crippen LogP contribution < -0.4 is 5.32 Å². The van der Waals surface area contributed by atoms with Gasteiger partial charge in [-0.25, -0.2) is 9.97 Å². The topological polar surface area (TPSA) is 58.1 Å². The lowest BCUT2D eigenvalue weighted by Crippen LogP contribution is -2.42. The third-order valence-electron chi connectivity index (χ3n) is 3.77. The van der Waals surface area contributed by atoms with E-state index in [-0.39, 0.29) is 5.91 Å². The number of piperidine rings is 1. The zero-order valence-corrected chi connectivity index (χ0v) is 12.8. The fourth-order valence-electron chi connectivity index (χ4n) is 2.55. The maximum atomic E-state index is 12.4. The van der Waals surface area contributed by atoms with E-state index in [2.05, 4.69) is 15.3 Å². The minimum atomic E-state index is 0.169. The molecule has 0 unspecified atom stereocenters. The first-order chi connectivity index (χ1) is 10.2. The van der Waals surface area contributed by atoms with Gasteiger partial charge in [-0.2, -0.15) is 0 Å². The van der Waals surface area contributed by atoms with Crippen LogP contribution in [0.5, 0.6) is 0 Å².